The van der Waals surface area contributed by atoms with Crippen molar-refractivity contribution < 1.29 is 4.92 Å². The molecule has 0 radical (unpaired) electrons. The van der Waals surface area contributed by atoms with Crippen molar-refractivity contribution in [2.75, 3.05) is 0 Å². The maximum Gasteiger partial charge on any atom is 0.269 e. The van der Waals surface area contributed by atoms with Crippen molar-refractivity contribution in [2.24, 2.45) is 11.7 Å². The van der Waals surface area contributed by atoms with Gasteiger partial charge in [-0.05, 0) is 17.9 Å². The Kier molecular flexibility index (Phi) is 3.35. The van der Waals surface area contributed by atoms with Crippen LogP contribution in [0.3, 0.4) is 0 Å². The Bertz CT molecular complexity index is 463. The van der Waals surface area contributed by atoms with E-state index in [1.165, 1.54) is 12.1 Å². The number of hydrogen-bond acceptors (Lipinski definition) is 3. The molecular weight excluding hydrogens is 216 g/mol. The Balaban J connectivity index is 2.06. The molecule has 0 aliphatic heterocycles. The molecule has 4 heteroatoms. The van der Waals surface area contributed by atoms with Gasteiger partial charge in [0.2, 0.25) is 0 Å². The van der Waals surface area contributed by atoms with Crippen molar-refractivity contribution in [1.29, 1.82) is 0 Å². The van der Waals surface area contributed by atoms with E-state index in [2.05, 4.69) is 6.08 Å². The second kappa shape index (κ2) is 4.93. The second-order valence-corrected chi connectivity index (χ2v) is 4.14. The molecule has 0 heterocycles. The van der Waals surface area contributed by atoms with Crippen LogP contribution in [0.15, 0.2) is 48.6 Å². The molecule has 1 aliphatic rings. The van der Waals surface area contributed by atoms with Crippen LogP contribution < -0.4 is 5.73 Å². The van der Waals surface area contributed by atoms with Crippen molar-refractivity contribution >= 4 is 5.69 Å². The van der Waals surface area contributed by atoms with Gasteiger partial charge in [-0.15, -0.1) is 0 Å². The van der Waals surface area contributed by atoms with Gasteiger partial charge in [0.15, 0.2) is 0 Å². The SMILES string of the molecule is NC1C=CC=CC1Cc1ccc([N+](=O)[O-])cc1. The third kappa shape index (κ3) is 2.79. The highest BCUT2D eigenvalue weighted by Gasteiger charge is 2.15. The van der Waals surface area contributed by atoms with Crippen LogP contribution in [0.4, 0.5) is 5.69 Å². The van der Waals surface area contributed by atoms with Gasteiger partial charge in [-0.25, -0.2) is 0 Å². The van der Waals surface area contributed by atoms with Crippen LogP contribution in [0.5, 0.6) is 0 Å². The average molecular weight is 230 g/mol. The third-order valence-corrected chi connectivity index (χ3v) is 2.92. The summed E-state index contributed by atoms with van der Waals surface area (Å²) in [6.07, 6.45) is 8.78. The van der Waals surface area contributed by atoms with Crippen molar-refractivity contribution in [3.05, 3.63) is 64.2 Å². The number of benzene rings is 1. The van der Waals surface area contributed by atoms with E-state index in [0.29, 0.717) is 0 Å². The number of nitro groups is 1. The molecule has 0 saturated carbocycles. The minimum Gasteiger partial charge on any atom is -0.324 e. The van der Waals surface area contributed by atoms with E-state index >= 15 is 0 Å². The van der Waals surface area contributed by atoms with Crippen LogP contribution in [-0.2, 0) is 6.42 Å². The highest BCUT2D eigenvalue weighted by Crippen LogP contribution is 2.19. The van der Waals surface area contributed by atoms with Crippen LogP contribution in [-0.4, -0.2) is 11.0 Å². The molecule has 0 bridgehead atoms. The monoisotopic (exact) mass is 230 g/mol. The molecule has 0 amide bonds. The lowest BCUT2D eigenvalue weighted by atomic mass is 9.89. The van der Waals surface area contributed by atoms with E-state index < -0.39 is 4.92 Å². The van der Waals surface area contributed by atoms with E-state index in [1.807, 2.05) is 18.2 Å². The fraction of sp³-hybridized carbons (Fsp3) is 0.231. The minimum atomic E-state index is -0.390. The Morgan fingerprint density at radius 2 is 1.82 bits per heavy atom. The Labute approximate surface area is 99.6 Å². The molecule has 0 fully saturated rings. The minimum absolute atomic E-state index is 0.0233. The summed E-state index contributed by atoms with van der Waals surface area (Å²) >= 11 is 0. The van der Waals surface area contributed by atoms with Crippen LogP contribution in [0.2, 0.25) is 0 Å². The van der Waals surface area contributed by atoms with E-state index in [1.54, 1.807) is 12.1 Å². The summed E-state index contributed by atoms with van der Waals surface area (Å²) in [4.78, 5) is 10.1. The van der Waals surface area contributed by atoms with Gasteiger partial charge >= 0.3 is 0 Å². The van der Waals surface area contributed by atoms with E-state index in [4.69, 9.17) is 5.73 Å². The summed E-state index contributed by atoms with van der Waals surface area (Å²) in [5.74, 6) is 0.265. The predicted octanol–water partition coefficient (Wildman–Crippen LogP) is 2.21. The van der Waals surface area contributed by atoms with Gasteiger partial charge in [-0.2, -0.15) is 0 Å². The highest BCUT2D eigenvalue weighted by atomic mass is 16.6. The van der Waals surface area contributed by atoms with Crippen LogP contribution in [0, 0.1) is 16.0 Å². The first-order valence-corrected chi connectivity index (χ1v) is 5.51. The fourth-order valence-electron chi connectivity index (χ4n) is 1.90. The molecule has 2 atom stereocenters. The zero-order valence-electron chi connectivity index (χ0n) is 9.32. The zero-order chi connectivity index (χ0) is 12.3. The average Bonchev–Trinajstić information content (AvgIpc) is 2.33. The van der Waals surface area contributed by atoms with Crippen molar-refractivity contribution in [1.82, 2.24) is 0 Å². The number of allylic oxidation sites excluding steroid dienone is 2. The van der Waals surface area contributed by atoms with Gasteiger partial charge in [-0.3, -0.25) is 10.1 Å². The van der Waals surface area contributed by atoms with Crippen LogP contribution >= 0.6 is 0 Å². The Morgan fingerprint density at radius 1 is 1.18 bits per heavy atom. The maximum absolute atomic E-state index is 10.5. The van der Waals surface area contributed by atoms with Crippen LogP contribution in [0.25, 0.3) is 0 Å². The smallest absolute Gasteiger partial charge is 0.269 e. The van der Waals surface area contributed by atoms with Gasteiger partial charge in [-0.1, -0.05) is 36.4 Å². The van der Waals surface area contributed by atoms with Gasteiger partial charge in [0, 0.05) is 18.2 Å². The first-order valence-electron chi connectivity index (χ1n) is 5.51. The number of hydrogen-bond donors (Lipinski definition) is 1. The summed E-state index contributed by atoms with van der Waals surface area (Å²) in [5.41, 5.74) is 7.15. The largest absolute Gasteiger partial charge is 0.324 e. The number of nitrogens with two attached hydrogens (primary N) is 1. The molecule has 2 unspecified atom stereocenters. The van der Waals surface area contributed by atoms with Crippen molar-refractivity contribution in [2.45, 2.75) is 12.5 Å². The maximum atomic E-state index is 10.5. The van der Waals surface area contributed by atoms with Crippen molar-refractivity contribution in [3.8, 4) is 0 Å². The summed E-state index contributed by atoms with van der Waals surface area (Å²) in [5, 5.41) is 10.5. The van der Waals surface area contributed by atoms with Gasteiger partial charge < -0.3 is 5.73 Å². The Morgan fingerprint density at radius 3 is 2.41 bits per heavy atom. The first kappa shape index (κ1) is 11.5. The van der Waals surface area contributed by atoms with Gasteiger partial charge in [0.05, 0.1) is 4.92 Å². The van der Waals surface area contributed by atoms with E-state index in [0.717, 1.165) is 12.0 Å². The number of nitro benzene ring substituents is 1. The predicted molar refractivity (Wildman–Crippen MR) is 66.5 cm³/mol. The number of rotatable bonds is 3. The first-order chi connectivity index (χ1) is 8.16. The standard InChI is InChI=1S/C13H14N2O2/c14-13-4-2-1-3-11(13)9-10-5-7-12(8-6-10)15(16)17/h1-8,11,13H,9,14H2. The summed E-state index contributed by atoms with van der Waals surface area (Å²) in [6, 6.07) is 6.66. The highest BCUT2D eigenvalue weighted by molar-refractivity contribution is 5.33. The van der Waals surface area contributed by atoms with E-state index in [-0.39, 0.29) is 17.6 Å². The fourth-order valence-corrected chi connectivity index (χ4v) is 1.90. The molecule has 2 N–H and O–H groups in total. The summed E-state index contributed by atoms with van der Waals surface area (Å²) in [7, 11) is 0. The zero-order valence-corrected chi connectivity index (χ0v) is 9.32. The molecule has 0 spiro atoms. The molecule has 1 aromatic carbocycles. The molecule has 4 nitrogen and oxygen atoms in total. The van der Waals surface area contributed by atoms with Crippen molar-refractivity contribution in [3.63, 3.8) is 0 Å². The number of nitrogens with zero attached hydrogens (tertiary/aromatic N) is 1. The molecule has 0 aromatic heterocycles. The molecule has 88 valence electrons. The molecule has 1 aromatic rings. The molecule has 17 heavy (non-hydrogen) atoms. The molecule has 1 aliphatic carbocycles. The third-order valence-electron chi connectivity index (χ3n) is 2.92. The number of non-ortho nitro benzene ring substituents is 1. The summed E-state index contributed by atoms with van der Waals surface area (Å²) < 4.78 is 0. The lowest BCUT2D eigenvalue weighted by Crippen LogP contribution is -2.29. The second-order valence-electron chi connectivity index (χ2n) is 4.14. The van der Waals surface area contributed by atoms with Gasteiger partial charge in [0.25, 0.3) is 5.69 Å². The quantitative estimate of drug-likeness (QED) is 0.639. The lowest BCUT2D eigenvalue weighted by molar-refractivity contribution is -0.384. The Hall–Kier alpha value is -1.94. The molecular formula is C13H14N2O2. The van der Waals surface area contributed by atoms with Crippen LogP contribution in [0.1, 0.15) is 5.56 Å². The topological polar surface area (TPSA) is 69.2 Å². The molecule has 2 rings (SSSR count). The lowest BCUT2D eigenvalue weighted by Gasteiger charge is -2.20. The molecule has 0 saturated heterocycles. The van der Waals surface area contributed by atoms with E-state index in [9.17, 15) is 10.1 Å². The van der Waals surface area contributed by atoms with Gasteiger partial charge in [0.1, 0.15) is 0 Å². The normalized spacial score (nSPS) is 22.6. The summed E-state index contributed by atoms with van der Waals surface area (Å²) in [6.45, 7) is 0.